The van der Waals surface area contributed by atoms with Crippen LogP contribution in [0.5, 0.6) is 0 Å². The maximum atomic E-state index is 2.43. The first-order valence-corrected chi connectivity index (χ1v) is 21.5. The van der Waals surface area contributed by atoms with E-state index < -0.39 is 0 Å². The summed E-state index contributed by atoms with van der Waals surface area (Å²) in [6.07, 6.45) is 0. The van der Waals surface area contributed by atoms with Crippen molar-refractivity contribution >= 4 is 55.9 Å². The Balaban J connectivity index is 1.18. The maximum absolute atomic E-state index is 2.43. The molecule has 0 atom stereocenters. The van der Waals surface area contributed by atoms with Crippen LogP contribution >= 0.6 is 0 Å². The lowest BCUT2D eigenvalue weighted by Crippen LogP contribution is -2.13. The van der Waals surface area contributed by atoms with Crippen molar-refractivity contribution in [2.45, 2.75) is 0 Å². The van der Waals surface area contributed by atoms with Crippen LogP contribution in [-0.2, 0) is 0 Å². The fourth-order valence-corrected chi connectivity index (χ4v) is 9.02. The number of hydrogen-bond acceptors (Lipinski definition) is 2. The minimum absolute atomic E-state index is 1.04. The second kappa shape index (κ2) is 16.6. The SMILES string of the molecule is c1ccc(-c2ccc(N(c3ccccc3)c3cc(-c4cccc5c6ccccc6n(-c6ccccc6)c45)cc(N(c4ccccc4)c4ccc(-c5ccccc5)cc4)c3)cc2)cc1. The van der Waals surface area contributed by atoms with Gasteiger partial charge in [-0.05, 0) is 113 Å². The molecule has 0 saturated heterocycles. The lowest BCUT2D eigenvalue weighted by Gasteiger charge is -2.30. The number of nitrogens with zero attached hydrogens (tertiary/aromatic N) is 3. The maximum Gasteiger partial charge on any atom is 0.0619 e. The van der Waals surface area contributed by atoms with Crippen LogP contribution in [-0.4, -0.2) is 4.57 Å². The standard InChI is InChI=1S/C60H43N3/c1-6-19-44(20-7-1)46-33-37-52(38-34-46)61(49-23-10-3-11-24-49)54-41-48(56-30-18-31-58-57-29-16-17-32-59(57)63(60(56)58)51-27-14-5-15-28-51)42-55(43-54)62(50-25-12-4-13-26-50)53-39-35-47(36-40-53)45-21-8-2-9-22-45/h1-43H. The Kier molecular flexibility index (Phi) is 9.89. The summed E-state index contributed by atoms with van der Waals surface area (Å²) in [6, 6.07) is 93.9. The van der Waals surface area contributed by atoms with Crippen molar-refractivity contribution in [3.63, 3.8) is 0 Å². The zero-order valence-electron chi connectivity index (χ0n) is 34.7. The van der Waals surface area contributed by atoms with Crippen LogP contribution in [0.1, 0.15) is 0 Å². The van der Waals surface area contributed by atoms with Crippen molar-refractivity contribution in [2.24, 2.45) is 0 Å². The van der Waals surface area contributed by atoms with Crippen LogP contribution < -0.4 is 9.80 Å². The average molecular weight is 806 g/mol. The predicted molar refractivity (Wildman–Crippen MR) is 266 cm³/mol. The molecule has 3 heteroatoms. The quantitative estimate of drug-likeness (QED) is 0.136. The normalized spacial score (nSPS) is 11.2. The summed E-state index contributed by atoms with van der Waals surface area (Å²) in [7, 11) is 0. The van der Waals surface area contributed by atoms with E-state index >= 15 is 0 Å². The van der Waals surface area contributed by atoms with Crippen molar-refractivity contribution in [1.82, 2.24) is 4.57 Å². The summed E-state index contributed by atoms with van der Waals surface area (Å²) >= 11 is 0. The average Bonchev–Trinajstić information content (AvgIpc) is 3.71. The fraction of sp³-hybridized carbons (Fsp3) is 0. The second-order valence-electron chi connectivity index (χ2n) is 15.8. The molecular formula is C60H43N3. The Morgan fingerprint density at radius 1 is 0.254 bits per heavy atom. The predicted octanol–water partition coefficient (Wildman–Crippen LogP) is 16.7. The van der Waals surface area contributed by atoms with Crippen LogP contribution in [0.3, 0.4) is 0 Å². The van der Waals surface area contributed by atoms with E-state index in [2.05, 4.69) is 275 Å². The van der Waals surface area contributed by atoms with E-state index in [0.717, 1.165) is 50.9 Å². The highest BCUT2D eigenvalue weighted by molar-refractivity contribution is 6.14. The Labute approximate surface area is 368 Å². The van der Waals surface area contributed by atoms with Gasteiger partial charge in [-0.25, -0.2) is 0 Å². The van der Waals surface area contributed by atoms with E-state index in [0.29, 0.717) is 0 Å². The van der Waals surface area contributed by atoms with Crippen molar-refractivity contribution < 1.29 is 0 Å². The molecule has 11 rings (SSSR count). The van der Waals surface area contributed by atoms with Gasteiger partial charge in [0.25, 0.3) is 0 Å². The van der Waals surface area contributed by atoms with E-state index in [1.165, 1.54) is 44.1 Å². The van der Waals surface area contributed by atoms with Gasteiger partial charge in [0.2, 0.25) is 0 Å². The number of hydrogen-bond donors (Lipinski definition) is 0. The van der Waals surface area contributed by atoms with Gasteiger partial charge in [-0.2, -0.15) is 0 Å². The lowest BCUT2D eigenvalue weighted by molar-refractivity contribution is 1.18. The molecule has 0 amide bonds. The van der Waals surface area contributed by atoms with Gasteiger partial charge in [0.1, 0.15) is 0 Å². The second-order valence-corrected chi connectivity index (χ2v) is 15.8. The molecule has 10 aromatic carbocycles. The van der Waals surface area contributed by atoms with E-state index in [-0.39, 0.29) is 0 Å². The van der Waals surface area contributed by atoms with Crippen molar-refractivity contribution in [2.75, 3.05) is 9.80 Å². The molecule has 0 saturated carbocycles. The van der Waals surface area contributed by atoms with Gasteiger partial charge in [-0.1, -0.05) is 176 Å². The molecule has 0 fully saturated rings. The first-order valence-electron chi connectivity index (χ1n) is 21.5. The lowest BCUT2D eigenvalue weighted by atomic mass is 9.99. The Morgan fingerprint density at radius 2 is 0.651 bits per heavy atom. The first-order chi connectivity index (χ1) is 31.3. The van der Waals surface area contributed by atoms with Gasteiger partial charge in [-0.3, -0.25) is 0 Å². The minimum atomic E-state index is 1.04. The third kappa shape index (κ3) is 7.22. The fourth-order valence-electron chi connectivity index (χ4n) is 9.02. The van der Waals surface area contributed by atoms with E-state index in [9.17, 15) is 0 Å². The molecule has 0 aliphatic rings. The molecule has 0 aliphatic carbocycles. The van der Waals surface area contributed by atoms with Crippen molar-refractivity contribution in [1.29, 1.82) is 0 Å². The summed E-state index contributed by atoms with van der Waals surface area (Å²) in [5.74, 6) is 0. The van der Waals surface area contributed by atoms with E-state index in [1.807, 2.05) is 0 Å². The molecule has 1 aromatic heterocycles. The van der Waals surface area contributed by atoms with Crippen LogP contribution in [0.15, 0.2) is 261 Å². The van der Waals surface area contributed by atoms with Gasteiger partial charge in [0.05, 0.1) is 11.0 Å². The highest BCUT2D eigenvalue weighted by Crippen LogP contribution is 2.46. The number of anilines is 6. The molecule has 0 aliphatic heterocycles. The molecule has 0 spiro atoms. The van der Waals surface area contributed by atoms with Gasteiger partial charge in [0, 0.05) is 56.1 Å². The summed E-state index contributed by atoms with van der Waals surface area (Å²) in [5.41, 5.74) is 16.8. The highest BCUT2D eigenvalue weighted by atomic mass is 15.2. The summed E-state index contributed by atoms with van der Waals surface area (Å²) in [5, 5.41) is 2.44. The summed E-state index contributed by atoms with van der Waals surface area (Å²) in [6.45, 7) is 0. The molecule has 63 heavy (non-hydrogen) atoms. The third-order valence-electron chi connectivity index (χ3n) is 11.9. The number of fused-ring (bicyclic) bond motifs is 3. The van der Waals surface area contributed by atoms with Crippen LogP contribution in [0, 0.1) is 0 Å². The molecule has 11 aromatic rings. The zero-order chi connectivity index (χ0) is 42.0. The van der Waals surface area contributed by atoms with E-state index in [1.54, 1.807) is 0 Å². The molecule has 298 valence electrons. The number of rotatable bonds is 10. The number of para-hydroxylation sites is 5. The van der Waals surface area contributed by atoms with Crippen LogP contribution in [0.25, 0.3) is 60.9 Å². The zero-order valence-corrected chi connectivity index (χ0v) is 34.7. The Hall–Kier alpha value is -8.40. The van der Waals surface area contributed by atoms with Crippen molar-refractivity contribution in [3.05, 3.63) is 261 Å². The molecule has 0 unspecified atom stereocenters. The molecular weight excluding hydrogens is 763 g/mol. The van der Waals surface area contributed by atoms with Gasteiger partial charge >= 0.3 is 0 Å². The number of aromatic nitrogens is 1. The minimum Gasteiger partial charge on any atom is -0.310 e. The van der Waals surface area contributed by atoms with Crippen LogP contribution in [0.2, 0.25) is 0 Å². The largest absolute Gasteiger partial charge is 0.310 e. The molecule has 3 nitrogen and oxygen atoms in total. The van der Waals surface area contributed by atoms with Crippen molar-refractivity contribution in [3.8, 4) is 39.1 Å². The summed E-state index contributed by atoms with van der Waals surface area (Å²) in [4.78, 5) is 4.77. The first kappa shape index (κ1) is 37.6. The Morgan fingerprint density at radius 3 is 1.16 bits per heavy atom. The number of benzene rings is 10. The molecule has 0 radical (unpaired) electrons. The third-order valence-corrected chi connectivity index (χ3v) is 11.9. The van der Waals surface area contributed by atoms with Gasteiger partial charge in [0.15, 0.2) is 0 Å². The Bertz CT molecular complexity index is 3150. The van der Waals surface area contributed by atoms with Crippen LogP contribution in [0.4, 0.5) is 34.1 Å². The van der Waals surface area contributed by atoms with E-state index in [4.69, 9.17) is 0 Å². The van der Waals surface area contributed by atoms with Gasteiger partial charge < -0.3 is 14.4 Å². The molecule has 0 bridgehead atoms. The molecule has 1 heterocycles. The monoisotopic (exact) mass is 805 g/mol. The topological polar surface area (TPSA) is 11.4 Å². The highest BCUT2D eigenvalue weighted by Gasteiger charge is 2.22. The molecule has 0 N–H and O–H groups in total. The smallest absolute Gasteiger partial charge is 0.0619 e. The van der Waals surface area contributed by atoms with Gasteiger partial charge in [-0.15, -0.1) is 0 Å². The summed E-state index contributed by atoms with van der Waals surface area (Å²) < 4.78 is 2.43.